The quantitative estimate of drug-likeness (QED) is 0.585. The molecule has 7 nitrogen and oxygen atoms in total. The van der Waals surface area contributed by atoms with E-state index in [9.17, 15) is 9.59 Å². The molecule has 0 aromatic rings. The Balaban J connectivity index is 1.77. The van der Waals surface area contributed by atoms with Crippen LogP contribution in [0.5, 0.6) is 0 Å². The van der Waals surface area contributed by atoms with E-state index in [1.807, 2.05) is 4.90 Å². The smallest absolute Gasteiger partial charge is 0.240 e. The summed E-state index contributed by atoms with van der Waals surface area (Å²) in [6.45, 7) is 2.92. The van der Waals surface area contributed by atoms with Crippen LogP contribution in [0.1, 0.15) is 25.7 Å². The molecule has 5 N–H and O–H groups in total. The Morgan fingerprint density at radius 2 is 1.85 bits per heavy atom. The van der Waals surface area contributed by atoms with Gasteiger partial charge in [-0.3, -0.25) is 14.5 Å². The highest BCUT2D eigenvalue weighted by Crippen LogP contribution is 2.19. The zero-order valence-corrected chi connectivity index (χ0v) is 11.8. The van der Waals surface area contributed by atoms with Crippen LogP contribution in [-0.2, 0) is 14.3 Å². The maximum atomic E-state index is 12.3. The van der Waals surface area contributed by atoms with E-state index in [4.69, 9.17) is 16.2 Å². The molecular formula is C13H24N4O3. The normalized spacial score (nSPS) is 24.2. The Hall–Kier alpha value is -1.18. The fraction of sp³-hybridized carbons (Fsp3) is 0.846. The Kier molecular flexibility index (Phi) is 4.95. The predicted molar refractivity (Wildman–Crippen MR) is 73.8 cm³/mol. The second-order valence-electron chi connectivity index (χ2n) is 5.76. The number of nitrogens with one attached hydrogen (secondary N) is 1. The van der Waals surface area contributed by atoms with Crippen molar-refractivity contribution < 1.29 is 14.3 Å². The van der Waals surface area contributed by atoms with Crippen LogP contribution in [0.3, 0.4) is 0 Å². The Morgan fingerprint density at radius 3 is 2.40 bits per heavy atom. The number of rotatable bonds is 4. The average molecular weight is 284 g/mol. The standard InChI is InChI=1S/C13H24N4O3/c14-11(18)9-17-5-1-10(2-6-17)16-12(19)13(15)3-7-20-8-4-13/h10H,1-9,15H2,(H2,14,18)(H,16,19). The van der Waals surface area contributed by atoms with Crippen LogP contribution in [0.2, 0.25) is 0 Å². The number of hydrogen-bond acceptors (Lipinski definition) is 5. The second-order valence-corrected chi connectivity index (χ2v) is 5.76. The van der Waals surface area contributed by atoms with Crippen molar-refractivity contribution in [1.29, 1.82) is 0 Å². The van der Waals surface area contributed by atoms with Gasteiger partial charge in [0.1, 0.15) is 0 Å². The number of ether oxygens (including phenoxy) is 1. The molecular weight excluding hydrogens is 260 g/mol. The molecule has 0 aromatic heterocycles. The first kappa shape index (κ1) is 15.2. The lowest BCUT2D eigenvalue weighted by molar-refractivity contribution is -0.131. The fourth-order valence-electron chi connectivity index (χ4n) is 2.75. The van der Waals surface area contributed by atoms with Gasteiger partial charge in [-0.15, -0.1) is 0 Å². The lowest BCUT2D eigenvalue weighted by atomic mass is 9.89. The van der Waals surface area contributed by atoms with Crippen LogP contribution in [0, 0.1) is 0 Å². The van der Waals surface area contributed by atoms with Crippen molar-refractivity contribution in [2.24, 2.45) is 11.5 Å². The van der Waals surface area contributed by atoms with Crippen LogP contribution in [0.25, 0.3) is 0 Å². The largest absolute Gasteiger partial charge is 0.381 e. The van der Waals surface area contributed by atoms with E-state index in [1.165, 1.54) is 0 Å². The van der Waals surface area contributed by atoms with Gasteiger partial charge < -0.3 is 21.5 Å². The number of hydrogen-bond donors (Lipinski definition) is 3. The monoisotopic (exact) mass is 284 g/mol. The summed E-state index contributed by atoms with van der Waals surface area (Å²) in [5.74, 6) is -0.384. The van der Waals surface area contributed by atoms with Gasteiger partial charge in [0.05, 0.1) is 12.1 Å². The zero-order chi connectivity index (χ0) is 14.6. The van der Waals surface area contributed by atoms with Crippen LogP contribution < -0.4 is 16.8 Å². The summed E-state index contributed by atoms with van der Waals surface area (Å²) in [7, 11) is 0. The maximum Gasteiger partial charge on any atom is 0.240 e. The lowest BCUT2D eigenvalue weighted by Crippen LogP contribution is -2.59. The number of nitrogens with zero attached hydrogens (tertiary/aromatic N) is 1. The van der Waals surface area contributed by atoms with E-state index in [1.54, 1.807) is 0 Å². The predicted octanol–water partition coefficient (Wildman–Crippen LogP) is -1.44. The van der Waals surface area contributed by atoms with Crippen molar-refractivity contribution in [3.63, 3.8) is 0 Å². The minimum absolute atomic E-state index is 0.0749. The maximum absolute atomic E-state index is 12.3. The highest BCUT2D eigenvalue weighted by molar-refractivity contribution is 5.86. The number of piperidine rings is 1. The molecule has 0 atom stereocenters. The summed E-state index contributed by atoms with van der Waals surface area (Å²) in [4.78, 5) is 25.1. The van der Waals surface area contributed by atoms with E-state index >= 15 is 0 Å². The van der Waals surface area contributed by atoms with Gasteiger partial charge in [0.25, 0.3) is 0 Å². The molecule has 2 fully saturated rings. The molecule has 2 aliphatic rings. The molecule has 7 heteroatoms. The van der Waals surface area contributed by atoms with Crippen molar-refractivity contribution >= 4 is 11.8 Å². The third-order valence-electron chi connectivity index (χ3n) is 4.14. The Labute approximate surface area is 119 Å². The van der Waals surface area contributed by atoms with Gasteiger partial charge in [0.15, 0.2) is 0 Å². The van der Waals surface area contributed by atoms with Crippen LogP contribution in [0.4, 0.5) is 0 Å². The summed E-state index contributed by atoms with van der Waals surface area (Å²) < 4.78 is 5.25. The van der Waals surface area contributed by atoms with Gasteiger partial charge in [-0.1, -0.05) is 0 Å². The van der Waals surface area contributed by atoms with Gasteiger partial charge in [-0.05, 0) is 25.7 Å². The van der Waals surface area contributed by atoms with Gasteiger partial charge >= 0.3 is 0 Å². The van der Waals surface area contributed by atoms with Crippen molar-refractivity contribution in [3.8, 4) is 0 Å². The molecule has 2 aliphatic heterocycles. The molecule has 2 heterocycles. The number of likely N-dealkylation sites (tertiary alicyclic amines) is 1. The van der Waals surface area contributed by atoms with E-state index in [0.29, 0.717) is 32.6 Å². The van der Waals surface area contributed by atoms with Crippen molar-refractivity contribution in [3.05, 3.63) is 0 Å². The third kappa shape index (κ3) is 3.91. The highest BCUT2D eigenvalue weighted by Gasteiger charge is 2.37. The highest BCUT2D eigenvalue weighted by atomic mass is 16.5. The third-order valence-corrected chi connectivity index (χ3v) is 4.14. The molecule has 0 aliphatic carbocycles. The summed E-state index contributed by atoms with van der Waals surface area (Å²) in [5.41, 5.74) is 10.5. The Morgan fingerprint density at radius 1 is 1.25 bits per heavy atom. The lowest BCUT2D eigenvalue weighted by Gasteiger charge is -2.36. The molecule has 0 bridgehead atoms. The van der Waals surface area contributed by atoms with Gasteiger partial charge in [-0.2, -0.15) is 0 Å². The first-order valence-electron chi connectivity index (χ1n) is 7.18. The van der Waals surface area contributed by atoms with Gasteiger partial charge in [0, 0.05) is 32.3 Å². The fourth-order valence-corrected chi connectivity index (χ4v) is 2.75. The van der Waals surface area contributed by atoms with E-state index in [2.05, 4.69) is 5.32 Å². The molecule has 0 saturated carbocycles. The number of carbonyl (C=O) groups excluding carboxylic acids is 2. The molecule has 20 heavy (non-hydrogen) atoms. The summed E-state index contributed by atoms with van der Waals surface area (Å²) in [6, 6.07) is 0.134. The zero-order valence-electron chi connectivity index (χ0n) is 11.8. The van der Waals surface area contributed by atoms with Crippen molar-refractivity contribution in [2.75, 3.05) is 32.8 Å². The van der Waals surface area contributed by atoms with Crippen LogP contribution in [-0.4, -0.2) is 61.1 Å². The second kappa shape index (κ2) is 6.51. The molecule has 0 unspecified atom stereocenters. The van der Waals surface area contributed by atoms with Crippen molar-refractivity contribution in [2.45, 2.75) is 37.3 Å². The minimum Gasteiger partial charge on any atom is -0.381 e. The van der Waals surface area contributed by atoms with E-state index < -0.39 is 5.54 Å². The van der Waals surface area contributed by atoms with Gasteiger partial charge in [0.2, 0.25) is 11.8 Å². The molecule has 0 radical (unpaired) electrons. The van der Waals surface area contributed by atoms with Crippen molar-refractivity contribution in [1.82, 2.24) is 10.2 Å². The van der Waals surface area contributed by atoms with E-state index in [-0.39, 0.29) is 17.9 Å². The summed E-state index contributed by atoms with van der Waals surface area (Å²) in [5, 5.41) is 3.04. The SMILES string of the molecule is NC(=O)CN1CCC(NC(=O)C2(N)CCOCC2)CC1. The van der Waals surface area contributed by atoms with Crippen LogP contribution in [0.15, 0.2) is 0 Å². The topological polar surface area (TPSA) is 111 Å². The molecule has 0 spiro atoms. The summed E-state index contributed by atoms with van der Waals surface area (Å²) in [6.07, 6.45) is 2.79. The minimum atomic E-state index is -0.789. The molecule has 114 valence electrons. The first-order chi connectivity index (χ1) is 9.49. The molecule has 2 saturated heterocycles. The first-order valence-corrected chi connectivity index (χ1v) is 7.18. The molecule has 2 rings (SSSR count). The molecule has 0 aromatic carbocycles. The number of primary amides is 1. The average Bonchev–Trinajstić information content (AvgIpc) is 2.41. The number of amides is 2. The Bertz CT molecular complexity index is 361. The molecule has 2 amide bonds. The van der Waals surface area contributed by atoms with Gasteiger partial charge in [-0.25, -0.2) is 0 Å². The van der Waals surface area contributed by atoms with Crippen LogP contribution >= 0.6 is 0 Å². The number of carbonyl (C=O) groups is 2. The summed E-state index contributed by atoms with van der Waals surface area (Å²) >= 11 is 0. The van der Waals surface area contributed by atoms with E-state index in [0.717, 1.165) is 25.9 Å². The number of nitrogens with two attached hydrogens (primary N) is 2.